The third-order valence-electron chi connectivity index (χ3n) is 6.78. The lowest BCUT2D eigenvalue weighted by atomic mass is 9.63. The first kappa shape index (κ1) is 22.8. The van der Waals surface area contributed by atoms with Crippen molar-refractivity contribution in [1.82, 2.24) is 0 Å². The molecule has 0 N–H and O–H groups in total. The van der Waals surface area contributed by atoms with Crippen LogP contribution in [0, 0.1) is 0 Å². The fourth-order valence-corrected chi connectivity index (χ4v) is 4.74. The number of hydrogen-bond acceptors (Lipinski definition) is 0. The van der Waals surface area contributed by atoms with Gasteiger partial charge < -0.3 is 0 Å². The van der Waals surface area contributed by atoms with Crippen LogP contribution in [0.3, 0.4) is 0 Å². The van der Waals surface area contributed by atoms with Crippen LogP contribution in [0.1, 0.15) is 0 Å². The highest BCUT2D eigenvalue weighted by Gasteiger charge is 2.05. The van der Waals surface area contributed by atoms with Gasteiger partial charge in [-0.15, -0.1) is 0 Å². The molecule has 173 valence electrons. The predicted octanol–water partition coefficient (Wildman–Crippen LogP) is 8.01. The molecular formula is C36H26B. The van der Waals surface area contributed by atoms with E-state index in [2.05, 4.69) is 165 Å². The smallest absolute Gasteiger partial charge is 0.0814 e. The molecule has 1 radical (unpaired) electrons. The first-order valence-corrected chi connectivity index (χ1v) is 12.7. The second-order valence-corrected chi connectivity index (χ2v) is 9.28. The standard InChI is InChI=1S/C36H26B/c1-3-8-27(9-4-1)29-14-16-31(17-15-29)32-22-24-35(25-23-32)37-36-13-7-12-34(26-36)33-20-18-30(19-21-33)28-10-5-2-6-11-28/h1-26H. The Morgan fingerprint density at radius 1 is 0.243 bits per heavy atom. The van der Waals surface area contributed by atoms with Gasteiger partial charge in [0.2, 0.25) is 0 Å². The first-order valence-electron chi connectivity index (χ1n) is 12.7. The van der Waals surface area contributed by atoms with Crippen LogP contribution < -0.4 is 10.9 Å². The summed E-state index contributed by atoms with van der Waals surface area (Å²) in [5.74, 6) is 0. The van der Waals surface area contributed by atoms with Gasteiger partial charge in [-0.2, -0.15) is 0 Å². The molecule has 0 saturated heterocycles. The third kappa shape index (κ3) is 5.32. The Kier molecular flexibility index (Phi) is 6.51. The summed E-state index contributed by atoms with van der Waals surface area (Å²) >= 11 is 0. The van der Waals surface area contributed by atoms with Crippen LogP contribution in [0.15, 0.2) is 158 Å². The van der Waals surface area contributed by atoms with Crippen molar-refractivity contribution in [3.63, 3.8) is 0 Å². The number of rotatable bonds is 6. The third-order valence-corrected chi connectivity index (χ3v) is 6.78. The lowest BCUT2D eigenvalue weighted by Crippen LogP contribution is -2.26. The van der Waals surface area contributed by atoms with Gasteiger partial charge in [0, 0.05) is 0 Å². The Morgan fingerprint density at radius 2 is 0.595 bits per heavy atom. The van der Waals surface area contributed by atoms with Crippen molar-refractivity contribution in [2.45, 2.75) is 0 Å². The molecule has 0 amide bonds. The minimum Gasteiger partial charge on any atom is -0.0814 e. The summed E-state index contributed by atoms with van der Waals surface area (Å²) in [5.41, 5.74) is 12.3. The van der Waals surface area contributed by atoms with Crippen molar-refractivity contribution < 1.29 is 0 Å². The van der Waals surface area contributed by atoms with E-state index < -0.39 is 0 Å². The van der Waals surface area contributed by atoms with Gasteiger partial charge in [0.15, 0.2) is 7.28 Å². The van der Waals surface area contributed by atoms with E-state index in [-0.39, 0.29) is 0 Å². The van der Waals surface area contributed by atoms with Crippen molar-refractivity contribution in [3.05, 3.63) is 158 Å². The summed E-state index contributed by atoms with van der Waals surface area (Å²) in [6, 6.07) is 56.2. The monoisotopic (exact) mass is 469 g/mol. The molecule has 6 rings (SSSR count). The van der Waals surface area contributed by atoms with Gasteiger partial charge in [-0.1, -0.05) is 169 Å². The van der Waals surface area contributed by atoms with Crippen LogP contribution >= 0.6 is 0 Å². The van der Waals surface area contributed by atoms with E-state index in [4.69, 9.17) is 0 Å². The largest absolute Gasteiger partial charge is 0.191 e. The molecule has 0 bridgehead atoms. The van der Waals surface area contributed by atoms with E-state index >= 15 is 0 Å². The van der Waals surface area contributed by atoms with Gasteiger partial charge in [-0.05, 0) is 44.5 Å². The second-order valence-electron chi connectivity index (χ2n) is 9.28. The zero-order chi connectivity index (χ0) is 24.9. The van der Waals surface area contributed by atoms with E-state index in [1.165, 1.54) is 55.4 Å². The molecular weight excluding hydrogens is 443 g/mol. The molecule has 0 aliphatic heterocycles. The van der Waals surface area contributed by atoms with Crippen LogP contribution in [0.25, 0.3) is 44.5 Å². The molecule has 0 spiro atoms. The minimum absolute atomic E-state index is 1.20. The molecule has 0 aliphatic carbocycles. The molecule has 0 nitrogen and oxygen atoms in total. The van der Waals surface area contributed by atoms with Gasteiger partial charge >= 0.3 is 0 Å². The Bertz CT molecular complexity index is 1580. The highest BCUT2D eigenvalue weighted by molar-refractivity contribution is 6.67. The van der Waals surface area contributed by atoms with E-state index in [0.717, 1.165) is 0 Å². The maximum Gasteiger partial charge on any atom is 0.191 e. The number of hydrogen-bond donors (Lipinski definition) is 0. The van der Waals surface area contributed by atoms with Gasteiger partial charge in [0.05, 0.1) is 0 Å². The lowest BCUT2D eigenvalue weighted by Gasteiger charge is -2.08. The molecule has 0 atom stereocenters. The molecule has 0 fully saturated rings. The van der Waals surface area contributed by atoms with Crippen molar-refractivity contribution in [2.75, 3.05) is 0 Å². The SMILES string of the molecule is [B](c1ccc(-c2ccc(-c3ccccc3)cc2)cc1)c1cccc(-c2ccc(-c3ccccc3)cc2)c1. The molecule has 0 aliphatic rings. The Labute approximate surface area is 220 Å². The molecule has 37 heavy (non-hydrogen) atoms. The maximum atomic E-state index is 2.26. The van der Waals surface area contributed by atoms with E-state index in [0.29, 0.717) is 0 Å². The fraction of sp³-hybridized carbons (Fsp3) is 0. The predicted molar refractivity (Wildman–Crippen MR) is 160 cm³/mol. The van der Waals surface area contributed by atoms with E-state index in [1.807, 2.05) is 0 Å². The summed E-state index contributed by atoms with van der Waals surface area (Å²) in [7, 11) is 2.24. The summed E-state index contributed by atoms with van der Waals surface area (Å²) in [6.07, 6.45) is 0. The lowest BCUT2D eigenvalue weighted by molar-refractivity contribution is 1.59. The summed E-state index contributed by atoms with van der Waals surface area (Å²) in [5, 5.41) is 0. The highest BCUT2D eigenvalue weighted by Crippen LogP contribution is 2.25. The fourth-order valence-electron chi connectivity index (χ4n) is 4.74. The van der Waals surface area contributed by atoms with Gasteiger partial charge in [0.25, 0.3) is 0 Å². The topological polar surface area (TPSA) is 0 Å². The van der Waals surface area contributed by atoms with Crippen molar-refractivity contribution in [2.24, 2.45) is 0 Å². The number of benzene rings is 6. The molecule has 0 saturated carbocycles. The minimum atomic E-state index is 1.20. The van der Waals surface area contributed by atoms with Gasteiger partial charge in [0.1, 0.15) is 0 Å². The molecule has 6 aromatic carbocycles. The summed E-state index contributed by atoms with van der Waals surface area (Å²) in [6.45, 7) is 0. The molecule has 6 aromatic rings. The van der Waals surface area contributed by atoms with Crippen LogP contribution in [0.2, 0.25) is 0 Å². The Balaban J connectivity index is 1.15. The molecule has 0 aromatic heterocycles. The first-order chi connectivity index (χ1) is 18.3. The summed E-state index contributed by atoms with van der Waals surface area (Å²) in [4.78, 5) is 0. The van der Waals surface area contributed by atoms with Crippen molar-refractivity contribution in [3.8, 4) is 44.5 Å². The van der Waals surface area contributed by atoms with Crippen LogP contribution in [-0.4, -0.2) is 7.28 Å². The average molecular weight is 469 g/mol. The average Bonchev–Trinajstić information content (AvgIpc) is 2.99. The Morgan fingerprint density at radius 3 is 1.05 bits per heavy atom. The highest BCUT2D eigenvalue weighted by atomic mass is 14.1. The molecule has 0 unspecified atom stereocenters. The molecule has 1 heteroatoms. The van der Waals surface area contributed by atoms with Crippen molar-refractivity contribution in [1.29, 1.82) is 0 Å². The Hall–Kier alpha value is -4.62. The van der Waals surface area contributed by atoms with Gasteiger partial charge in [-0.3, -0.25) is 0 Å². The maximum absolute atomic E-state index is 2.26. The van der Waals surface area contributed by atoms with Crippen LogP contribution in [0.4, 0.5) is 0 Å². The normalized spacial score (nSPS) is 10.7. The zero-order valence-electron chi connectivity index (χ0n) is 20.6. The quantitative estimate of drug-likeness (QED) is 0.217. The van der Waals surface area contributed by atoms with Crippen LogP contribution in [0.5, 0.6) is 0 Å². The van der Waals surface area contributed by atoms with Crippen LogP contribution in [-0.2, 0) is 0 Å². The second kappa shape index (κ2) is 10.6. The van der Waals surface area contributed by atoms with E-state index in [1.54, 1.807) is 0 Å². The van der Waals surface area contributed by atoms with Crippen molar-refractivity contribution >= 4 is 18.2 Å². The summed E-state index contributed by atoms with van der Waals surface area (Å²) < 4.78 is 0. The molecule has 0 heterocycles. The zero-order valence-corrected chi connectivity index (χ0v) is 20.6. The van der Waals surface area contributed by atoms with Gasteiger partial charge in [-0.25, -0.2) is 0 Å². The van der Waals surface area contributed by atoms with E-state index in [9.17, 15) is 0 Å².